The summed E-state index contributed by atoms with van der Waals surface area (Å²) >= 11 is 0. The third kappa shape index (κ3) is 1.69. The molecular weight excluding hydrogens is 182 g/mol. The molecule has 0 atom stereocenters. The molecule has 78 valence electrons. The van der Waals surface area contributed by atoms with Gasteiger partial charge in [0.15, 0.2) is 5.69 Å². The summed E-state index contributed by atoms with van der Waals surface area (Å²) in [5, 5.41) is 0. The monoisotopic (exact) mass is 197 g/mol. The zero-order chi connectivity index (χ0) is 10.9. The molecule has 1 aromatic heterocycles. The number of nitrogens with zero attached hydrogens (tertiary/aromatic N) is 2. The van der Waals surface area contributed by atoms with Gasteiger partial charge in [0.2, 0.25) is 0 Å². The van der Waals surface area contributed by atoms with Gasteiger partial charge in [-0.25, -0.2) is 10.8 Å². The van der Waals surface area contributed by atoms with E-state index in [2.05, 4.69) is 4.98 Å². The molecule has 0 aliphatic carbocycles. The number of nitrogens with two attached hydrogens (primary N) is 2. The predicted octanol–water partition coefficient (Wildman–Crippen LogP) is -0.176. The Morgan fingerprint density at radius 2 is 2.14 bits per heavy atom. The van der Waals surface area contributed by atoms with Crippen molar-refractivity contribution in [2.75, 3.05) is 5.73 Å². The van der Waals surface area contributed by atoms with Crippen molar-refractivity contribution < 1.29 is 4.79 Å². The fourth-order valence-corrected chi connectivity index (χ4v) is 1.14. The maximum absolute atomic E-state index is 11.2. The molecule has 0 bridgehead atoms. The first kappa shape index (κ1) is 10.5. The van der Waals surface area contributed by atoms with Gasteiger partial charge in [-0.1, -0.05) is 0 Å². The third-order valence-corrected chi connectivity index (χ3v) is 1.87. The Morgan fingerprint density at radius 1 is 1.57 bits per heavy atom. The average molecular weight is 197 g/mol. The topological polar surface area (TPSA) is 99.0 Å². The van der Waals surface area contributed by atoms with Crippen molar-refractivity contribution in [2.45, 2.75) is 26.3 Å². The highest BCUT2D eigenvalue weighted by atomic mass is 16.2. The highest BCUT2D eigenvalue weighted by Gasteiger charge is 2.21. The number of carbonyl (C=O) groups is 1. The second-order valence-electron chi connectivity index (χ2n) is 3.99. The molecule has 0 radical (unpaired) electrons. The Kier molecular flexibility index (Phi) is 2.48. The van der Waals surface area contributed by atoms with Gasteiger partial charge >= 0.3 is 0 Å². The summed E-state index contributed by atoms with van der Waals surface area (Å²) in [5.74, 6) is 4.83. The summed E-state index contributed by atoms with van der Waals surface area (Å²) in [7, 11) is 0. The first-order chi connectivity index (χ1) is 6.38. The molecule has 1 aromatic rings. The first-order valence-corrected chi connectivity index (χ1v) is 4.22. The number of amides is 1. The largest absolute Gasteiger partial charge is 0.383 e. The standard InChI is InChI=1S/C8H15N5O/c1-8(2,3)13-4-11-5(6(13)9)7(14)12-10/h4H,9-10H2,1-3H3,(H,12,14). The summed E-state index contributed by atoms with van der Waals surface area (Å²) in [6.07, 6.45) is 1.53. The van der Waals surface area contributed by atoms with Crippen LogP contribution in [0.15, 0.2) is 6.33 Å². The van der Waals surface area contributed by atoms with E-state index < -0.39 is 5.91 Å². The lowest BCUT2D eigenvalue weighted by atomic mass is 10.1. The smallest absolute Gasteiger partial charge is 0.287 e. The average Bonchev–Trinajstić information content (AvgIpc) is 2.45. The van der Waals surface area contributed by atoms with Gasteiger partial charge in [0.1, 0.15) is 5.82 Å². The maximum Gasteiger partial charge on any atom is 0.287 e. The molecule has 1 rings (SSSR count). The van der Waals surface area contributed by atoms with Crippen molar-refractivity contribution in [3.8, 4) is 0 Å². The van der Waals surface area contributed by atoms with Crippen LogP contribution in [-0.2, 0) is 5.54 Å². The zero-order valence-electron chi connectivity index (χ0n) is 8.53. The van der Waals surface area contributed by atoms with E-state index in [0.717, 1.165) is 0 Å². The van der Waals surface area contributed by atoms with Crippen molar-refractivity contribution in [2.24, 2.45) is 5.84 Å². The lowest BCUT2D eigenvalue weighted by molar-refractivity contribution is 0.0950. The minimum atomic E-state index is -0.481. The van der Waals surface area contributed by atoms with Crippen molar-refractivity contribution in [1.29, 1.82) is 0 Å². The second kappa shape index (κ2) is 3.30. The molecule has 6 nitrogen and oxygen atoms in total. The summed E-state index contributed by atoms with van der Waals surface area (Å²) < 4.78 is 1.72. The molecule has 0 unspecified atom stereocenters. The Balaban J connectivity index is 3.15. The van der Waals surface area contributed by atoms with Gasteiger partial charge in [-0.3, -0.25) is 10.2 Å². The number of rotatable bonds is 1. The number of aromatic nitrogens is 2. The lowest BCUT2D eigenvalue weighted by Crippen LogP contribution is -2.31. The highest BCUT2D eigenvalue weighted by Crippen LogP contribution is 2.20. The highest BCUT2D eigenvalue weighted by molar-refractivity contribution is 5.96. The molecule has 1 heterocycles. The number of hydrazine groups is 1. The molecule has 0 spiro atoms. The van der Waals surface area contributed by atoms with Crippen molar-refractivity contribution in [3.05, 3.63) is 12.0 Å². The van der Waals surface area contributed by atoms with E-state index in [4.69, 9.17) is 11.6 Å². The normalized spacial score (nSPS) is 11.4. The number of carbonyl (C=O) groups excluding carboxylic acids is 1. The van der Waals surface area contributed by atoms with E-state index in [1.165, 1.54) is 6.33 Å². The maximum atomic E-state index is 11.2. The number of anilines is 1. The first-order valence-electron chi connectivity index (χ1n) is 4.22. The van der Waals surface area contributed by atoms with Crippen LogP contribution in [0.25, 0.3) is 0 Å². The molecule has 0 saturated carbocycles. The van der Waals surface area contributed by atoms with Crippen LogP contribution in [0.4, 0.5) is 5.82 Å². The van der Waals surface area contributed by atoms with Crippen LogP contribution in [0, 0.1) is 0 Å². The van der Waals surface area contributed by atoms with Gasteiger partial charge in [-0.2, -0.15) is 0 Å². The van der Waals surface area contributed by atoms with Crippen LogP contribution in [0.1, 0.15) is 31.3 Å². The molecule has 0 saturated heterocycles. The van der Waals surface area contributed by atoms with Crippen molar-refractivity contribution in [3.63, 3.8) is 0 Å². The summed E-state index contributed by atoms with van der Waals surface area (Å²) in [6.45, 7) is 5.90. The van der Waals surface area contributed by atoms with Crippen LogP contribution in [0.5, 0.6) is 0 Å². The number of hydrogen-bond donors (Lipinski definition) is 3. The number of nitrogen functional groups attached to an aromatic ring is 2. The SMILES string of the molecule is CC(C)(C)n1cnc(C(=O)NN)c1N. The van der Waals surface area contributed by atoms with Gasteiger partial charge in [0, 0.05) is 5.54 Å². The quantitative estimate of drug-likeness (QED) is 0.330. The molecule has 0 aromatic carbocycles. The van der Waals surface area contributed by atoms with E-state index in [-0.39, 0.29) is 11.2 Å². The van der Waals surface area contributed by atoms with Crippen molar-refractivity contribution in [1.82, 2.24) is 15.0 Å². The third-order valence-electron chi connectivity index (χ3n) is 1.87. The van der Waals surface area contributed by atoms with E-state index >= 15 is 0 Å². The molecule has 0 fully saturated rings. The minimum Gasteiger partial charge on any atom is -0.383 e. The molecule has 6 heteroatoms. The fraction of sp³-hybridized carbons (Fsp3) is 0.500. The molecular formula is C8H15N5O. The molecule has 1 amide bonds. The van der Waals surface area contributed by atoms with Crippen molar-refractivity contribution >= 4 is 11.7 Å². The fourth-order valence-electron chi connectivity index (χ4n) is 1.14. The van der Waals surface area contributed by atoms with Gasteiger partial charge in [-0.05, 0) is 20.8 Å². The Hall–Kier alpha value is -1.56. The molecule has 0 aliphatic rings. The minimum absolute atomic E-state index is 0.155. The van der Waals surface area contributed by atoms with Crippen LogP contribution >= 0.6 is 0 Å². The summed E-state index contributed by atoms with van der Waals surface area (Å²) in [4.78, 5) is 15.1. The van der Waals surface area contributed by atoms with Crippen LogP contribution < -0.4 is 17.0 Å². The second-order valence-corrected chi connectivity index (χ2v) is 3.99. The van der Waals surface area contributed by atoms with E-state index in [9.17, 15) is 4.79 Å². The Bertz CT molecular complexity index is 349. The van der Waals surface area contributed by atoms with Gasteiger partial charge in [0.05, 0.1) is 6.33 Å². The molecule has 14 heavy (non-hydrogen) atoms. The van der Waals surface area contributed by atoms with Crippen LogP contribution in [0.2, 0.25) is 0 Å². The Labute approximate surface area is 82.3 Å². The van der Waals surface area contributed by atoms with E-state index in [1.54, 1.807) is 4.57 Å². The number of imidazole rings is 1. The summed E-state index contributed by atoms with van der Waals surface area (Å²) in [6, 6.07) is 0. The number of hydrogen-bond acceptors (Lipinski definition) is 4. The molecule has 0 aliphatic heterocycles. The summed E-state index contributed by atoms with van der Waals surface area (Å²) in [5.41, 5.74) is 7.69. The zero-order valence-corrected chi connectivity index (χ0v) is 8.53. The van der Waals surface area contributed by atoms with Crippen LogP contribution in [-0.4, -0.2) is 15.5 Å². The predicted molar refractivity (Wildman–Crippen MR) is 53.3 cm³/mol. The van der Waals surface area contributed by atoms with Gasteiger partial charge in [0.25, 0.3) is 5.91 Å². The number of nitrogens with one attached hydrogen (secondary N) is 1. The van der Waals surface area contributed by atoms with Gasteiger partial charge in [-0.15, -0.1) is 0 Å². The molecule has 5 N–H and O–H groups in total. The van der Waals surface area contributed by atoms with Gasteiger partial charge < -0.3 is 10.3 Å². The van der Waals surface area contributed by atoms with E-state index in [0.29, 0.717) is 5.82 Å². The van der Waals surface area contributed by atoms with Crippen LogP contribution in [0.3, 0.4) is 0 Å². The lowest BCUT2D eigenvalue weighted by Gasteiger charge is -2.21. The van der Waals surface area contributed by atoms with E-state index in [1.807, 2.05) is 26.2 Å². The Morgan fingerprint density at radius 3 is 2.50 bits per heavy atom.